The first-order chi connectivity index (χ1) is 16.8. The van der Waals surface area contributed by atoms with Gasteiger partial charge in [-0.1, -0.05) is 24.6 Å². The van der Waals surface area contributed by atoms with Crippen molar-refractivity contribution >= 4 is 23.2 Å². The zero-order chi connectivity index (χ0) is 25.3. The minimum Gasteiger partial charge on any atom is -0.497 e. The third-order valence-corrected chi connectivity index (χ3v) is 5.94. The molecular formula is C24H23ClN4O6. The lowest BCUT2D eigenvalue weighted by molar-refractivity contribution is -0.132. The molecule has 0 saturated heterocycles. The maximum atomic E-state index is 12.8. The van der Waals surface area contributed by atoms with Crippen molar-refractivity contribution in [2.45, 2.75) is 25.8 Å². The van der Waals surface area contributed by atoms with Gasteiger partial charge in [-0.3, -0.25) is 14.6 Å². The van der Waals surface area contributed by atoms with Gasteiger partial charge in [0, 0.05) is 29.5 Å². The van der Waals surface area contributed by atoms with Gasteiger partial charge in [0.15, 0.2) is 0 Å². The molecule has 0 bridgehead atoms. The van der Waals surface area contributed by atoms with Crippen LogP contribution in [0.5, 0.6) is 17.4 Å². The first-order valence-corrected chi connectivity index (χ1v) is 11.1. The van der Waals surface area contributed by atoms with E-state index < -0.39 is 23.2 Å². The number of hydrazone groups is 1. The van der Waals surface area contributed by atoms with Crippen LogP contribution in [0.2, 0.25) is 5.02 Å². The fourth-order valence-corrected chi connectivity index (χ4v) is 4.21. The summed E-state index contributed by atoms with van der Waals surface area (Å²) in [6, 6.07) is 10.8. The van der Waals surface area contributed by atoms with Crippen molar-refractivity contribution in [3.8, 4) is 23.1 Å². The Balaban J connectivity index is 1.86. The van der Waals surface area contributed by atoms with Gasteiger partial charge < -0.3 is 14.6 Å². The number of carbonyl (C=O) groups excluding carboxylic acids is 1. The third-order valence-electron chi connectivity index (χ3n) is 5.71. The molecule has 4 rings (SSSR count). The number of H-pyrrole nitrogens is 1. The van der Waals surface area contributed by atoms with Crippen LogP contribution in [0.15, 0.2) is 57.2 Å². The molecule has 11 heteroatoms. The number of ether oxygens (including phenoxy) is 2. The average molecular weight is 499 g/mol. The summed E-state index contributed by atoms with van der Waals surface area (Å²) < 4.78 is 11.7. The number of nitrogens with one attached hydrogen (secondary N) is 1. The van der Waals surface area contributed by atoms with Crippen LogP contribution in [-0.4, -0.2) is 45.5 Å². The Morgan fingerprint density at radius 2 is 1.97 bits per heavy atom. The smallest absolute Gasteiger partial charge is 0.335 e. The minimum atomic E-state index is -0.841. The summed E-state index contributed by atoms with van der Waals surface area (Å²) in [7, 11) is 3.03. The summed E-state index contributed by atoms with van der Waals surface area (Å²) >= 11 is 6.05. The maximum absolute atomic E-state index is 12.8. The standard InChI is InChI=1S/C24H23ClN4O6/c1-4-20(30)29-18(16-9-8-15(34-2)11-19(16)35-3)12-17(27-29)21-22(31)26-24(33)28(23(21)32)14-7-5-6-13(25)10-14/h5-11,18,32H,4,12H2,1-3H3,(H,26,31,33)/t18-/m0/s1. The second kappa shape index (κ2) is 9.67. The Kier molecular flexibility index (Phi) is 6.65. The molecule has 0 radical (unpaired) electrons. The van der Waals surface area contributed by atoms with Gasteiger partial charge in [0.1, 0.15) is 17.1 Å². The van der Waals surface area contributed by atoms with E-state index >= 15 is 0 Å². The highest BCUT2D eigenvalue weighted by atomic mass is 35.5. The molecule has 0 unspecified atom stereocenters. The lowest BCUT2D eigenvalue weighted by Crippen LogP contribution is -2.33. The molecule has 10 nitrogen and oxygen atoms in total. The zero-order valence-electron chi connectivity index (χ0n) is 19.2. The summed E-state index contributed by atoms with van der Waals surface area (Å²) in [6.07, 6.45) is 0.259. The molecule has 2 N–H and O–H groups in total. The summed E-state index contributed by atoms with van der Waals surface area (Å²) in [5, 5.41) is 17.0. The quantitative estimate of drug-likeness (QED) is 0.538. The van der Waals surface area contributed by atoms with Crippen molar-refractivity contribution in [2.24, 2.45) is 5.10 Å². The molecule has 1 aromatic heterocycles. The van der Waals surface area contributed by atoms with Crippen LogP contribution in [0.4, 0.5) is 0 Å². The first-order valence-electron chi connectivity index (χ1n) is 10.7. The third kappa shape index (κ3) is 4.40. The fourth-order valence-electron chi connectivity index (χ4n) is 4.03. The van der Waals surface area contributed by atoms with E-state index in [0.717, 1.165) is 4.57 Å². The Bertz CT molecular complexity index is 1440. The summed E-state index contributed by atoms with van der Waals surface area (Å²) in [6.45, 7) is 1.70. The van der Waals surface area contributed by atoms with Crippen LogP contribution < -0.4 is 20.7 Å². The number of hydrogen-bond acceptors (Lipinski definition) is 7. The van der Waals surface area contributed by atoms with Crippen LogP contribution in [0.25, 0.3) is 5.69 Å². The summed E-state index contributed by atoms with van der Waals surface area (Å²) in [4.78, 5) is 40.4. The Hall–Kier alpha value is -4.05. The predicted molar refractivity (Wildman–Crippen MR) is 130 cm³/mol. The normalized spacial score (nSPS) is 15.1. The summed E-state index contributed by atoms with van der Waals surface area (Å²) in [5.74, 6) is 0.149. The van der Waals surface area contributed by atoms with Gasteiger partial charge in [-0.2, -0.15) is 5.10 Å². The van der Waals surface area contributed by atoms with Crippen molar-refractivity contribution < 1.29 is 19.4 Å². The van der Waals surface area contributed by atoms with Crippen molar-refractivity contribution in [1.82, 2.24) is 14.6 Å². The van der Waals surface area contributed by atoms with E-state index in [0.29, 0.717) is 22.1 Å². The van der Waals surface area contributed by atoms with E-state index in [-0.39, 0.29) is 35.7 Å². The molecule has 1 atom stereocenters. The number of methoxy groups -OCH3 is 2. The van der Waals surface area contributed by atoms with Crippen LogP contribution in [0, 0.1) is 0 Å². The lowest BCUT2D eigenvalue weighted by atomic mass is 9.98. The molecule has 182 valence electrons. The number of aromatic nitrogens is 2. The van der Waals surface area contributed by atoms with E-state index in [1.54, 1.807) is 43.3 Å². The second-order valence-corrected chi connectivity index (χ2v) is 8.18. The molecule has 0 spiro atoms. The number of carbonyl (C=O) groups is 1. The molecule has 35 heavy (non-hydrogen) atoms. The SMILES string of the molecule is CCC(=O)N1N=C(c2c(O)n(-c3cccc(Cl)c3)c(=O)[nH]c2=O)C[C@H]1c1ccc(OC)cc1OC. The molecule has 0 aliphatic carbocycles. The molecule has 0 saturated carbocycles. The van der Waals surface area contributed by atoms with E-state index in [1.807, 2.05) is 0 Å². The number of nitrogens with zero attached hydrogens (tertiary/aromatic N) is 3. The van der Waals surface area contributed by atoms with Gasteiger partial charge in [0.05, 0.1) is 31.7 Å². The minimum absolute atomic E-state index is 0.0961. The van der Waals surface area contributed by atoms with Crippen LogP contribution in [0.1, 0.15) is 36.9 Å². The van der Waals surface area contributed by atoms with Gasteiger partial charge in [-0.25, -0.2) is 14.4 Å². The largest absolute Gasteiger partial charge is 0.497 e. The van der Waals surface area contributed by atoms with Gasteiger partial charge in [0.25, 0.3) is 5.56 Å². The Morgan fingerprint density at radius 3 is 2.63 bits per heavy atom. The average Bonchev–Trinajstić information content (AvgIpc) is 3.27. The highest BCUT2D eigenvalue weighted by Crippen LogP contribution is 2.39. The number of halogens is 1. The second-order valence-electron chi connectivity index (χ2n) is 7.74. The Morgan fingerprint density at radius 1 is 1.20 bits per heavy atom. The molecular weight excluding hydrogens is 476 g/mol. The topological polar surface area (TPSA) is 126 Å². The number of aromatic amines is 1. The molecule has 3 aromatic rings. The van der Waals surface area contributed by atoms with E-state index in [9.17, 15) is 19.5 Å². The highest BCUT2D eigenvalue weighted by Gasteiger charge is 2.36. The van der Waals surface area contributed by atoms with Crippen molar-refractivity contribution in [1.29, 1.82) is 0 Å². The van der Waals surface area contributed by atoms with Gasteiger partial charge in [0.2, 0.25) is 11.8 Å². The molecule has 2 aromatic carbocycles. The van der Waals surface area contributed by atoms with Gasteiger partial charge >= 0.3 is 5.69 Å². The van der Waals surface area contributed by atoms with Gasteiger partial charge in [-0.15, -0.1) is 0 Å². The highest BCUT2D eigenvalue weighted by molar-refractivity contribution is 6.30. The first kappa shape index (κ1) is 24.1. The van der Waals surface area contributed by atoms with Gasteiger partial charge in [-0.05, 0) is 30.3 Å². The molecule has 1 amide bonds. The number of benzene rings is 2. The maximum Gasteiger partial charge on any atom is 0.335 e. The van der Waals surface area contributed by atoms with Crippen LogP contribution >= 0.6 is 11.6 Å². The molecule has 2 heterocycles. The van der Waals surface area contributed by atoms with Crippen LogP contribution in [-0.2, 0) is 4.79 Å². The van der Waals surface area contributed by atoms with Crippen molar-refractivity contribution in [3.63, 3.8) is 0 Å². The number of rotatable bonds is 6. The van der Waals surface area contributed by atoms with E-state index in [4.69, 9.17) is 21.1 Å². The number of hydrogen-bond donors (Lipinski definition) is 2. The Labute approximate surface area is 205 Å². The van der Waals surface area contributed by atoms with E-state index in [2.05, 4.69) is 10.1 Å². The molecule has 0 fully saturated rings. The monoisotopic (exact) mass is 498 g/mol. The van der Waals surface area contributed by atoms with Crippen LogP contribution in [0.3, 0.4) is 0 Å². The summed E-state index contributed by atoms with van der Waals surface area (Å²) in [5.41, 5.74) is -0.834. The molecule has 1 aliphatic heterocycles. The van der Waals surface area contributed by atoms with Crippen molar-refractivity contribution in [2.75, 3.05) is 14.2 Å². The molecule has 1 aliphatic rings. The number of aromatic hydroxyl groups is 1. The number of amides is 1. The zero-order valence-corrected chi connectivity index (χ0v) is 20.0. The predicted octanol–water partition coefficient (Wildman–Crippen LogP) is 2.99. The fraction of sp³-hybridized carbons (Fsp3) is 0.250. The van der Waals surface area contributed by atoms with E-state index in [1.165, 1.54) is 25.3 Å². The van der Waals surface area contributed by atoms with Crippen molar-refractivity contribution in [3.05, 3.63) is 79.5 Å². The lowest BCUT2D eigenvalue weighted by Gasteiger charge is -2.23.